The van der Waals surface area contributed by atoms with Gasteiger partial charge in [0.25, 0.3) is 0 Å². The van der Waals surface area contributed by atoms with Crippen molar-refractivity contribution in [1.29, 1.82) is 0 Å². The molecule has 0 amide bonds. The van der Waals surface area contributed by atoms with Crippen LogP contribution < -0.4 is 5.73 Å². The largest absolute Gasteiger partial charge is 0.324 e. The molecule has 0 aliphatic heterocycles. The van der Waals surface area contributed by atoms with Crippen LogP contribution in [0.5, 0.6) is 0 Å². The summed E-state index contributed by atoms with van der Waals surface area (Å²) in [6.07, 6.45) is 4.01. The van der Waals surface area contributed by atoms with Gasteiger partial charge >= 0.3 is 0 Å². The third-order valence-electron chi connectivity index (χ3n) is 3.68. The van der Waals surface area contributed by atoms with Gasteiger partial charge in [0.2, 0.25) is 5.82 Å². The van der Waals surface area contributed by atoms with Gasteiger partial charge in [0.1, 0.15) is 0 Å². The maximum Gasteiger partial charge on any atom is 0.200 e. The van der Waals surface area contributed by atoms with Crippen molar-refractivity contribution < 1.29 is 22.0 Å². The fourth-order valence-electron chi connectivity index (χ4n) is 2.67. The van der Waals surface area contributed by atoms with Gasteiger partial charge in [-0.05, 0) is 12.3 Å². The standard InChI is InChI=1S/C13H14F5N/c14-9-8(7(19)5-6-3-1-2-4-6)10(15)12(17)13(18)11(9)16/h6-7H,1-5,19H2. The summed E-state index contributed by atoms with van der Waals surface area (Å²) in [5, 5.41) is 0. The summed E-state index contributed by atoms with van der Waals surface area (Å²) in [4.78, 5) is 0. The molecule has 0 radical (unpaired) electrons. The van der Waals surface area contributed by atoms with E-state index in [1.54, 1.807) is 0 Å². The Hall–Kier alpha value is -1.17. The van der Waals surface area contributed by atoms with Gasteiger partial charge in [-0.15, -0.1) is 0 Å². The Morgan fingerprint density at radius 2 is 1.26 bits per heavy atom. The van der Waals surface area contributed by atoms with E-state index in [1.165, 1.54) is 0 Å². The molecular formula is C13H14F5N. The maximum atomic E-state index is 13.5. The van der Waals surface area contributed by atoms with E-state index < -0.39 is 40.7 Å². The second kappa shape index (κ2) is 5.45. The Bertz CT molecular complexity index is 453. The van der Waals surface area contributed by atoms with E-state index in [0.717, 1.165) is 25.7 Å². The van der Waals surface area contributed by atoms with Gasteiger partial charge in [0, 0.05) is 11.6 Å². The summed E-state index contributed by atoms with van der Waals surface area (Å²) in [5.41, 5.74) is 4.73. The zero-order valence-electron chi connectivity index (χ0n) is 10.2. The van der Waals surface area contributed by atoms with Crippen LogP contribution in [0.3, 0.4) is 0 Å². The molecule has 1 aliphatic carbocycles. The average molecular weight is 279 g/mol. The molecule has 1 saturated carbocycles. The summed E-state index contributed by atoms with van der Waals surface area (Å²) < 4.78 is 66.1. The molecular weight excluding hydrogens is 265 g/mol. The minimum Gasteiger partial charge on any atom is -0.324 e. The van der Waals surface area contributed by atoms with Gasteiger partial charge in [-0.2, -0.15) is 0 Å². The van der Waals surface area contributed by atoms with E-state index in [9.17, 15) is 22.0 Å². The number of hydrogen-bond donors (Lipinski definition) is 1. The molecule has 0 heterocycles. The van der Waals surface area contributed by atoms with Crippen molar-refractivity contribution in [1.82, 2.24) is 0 Å². The Morgan fingerprint density at radius 1 is 0.842 bits per heavy atom. The Labute approximate surface area is 107 Å². The van der Waals surface area contributed by atoms with Crippen molar-refractivity contribution in [2.45, 2.75) is 38.1 Å². The predicted molar refractivity (Wildman–Crippen MR) is 59.7 cm³/mol. The van der Waals surface area contributed by atoms with Gasteiger partial charge in [-0.25, -0.2) is 22.0 Å². The lowest BCUT2D eigenvalue weighted by molar-refractivity contribution is 0.353. The number of hydrogen-bond acceptors (Lipinski definition) is 1. The molecule has 1 aromatic rings. The van der Waals surface area contributed by atoms with Crippen molar-refractivity contribution in [3.8, 4) is 0 Å². The summed E-state index contributed by atoms with van der Waals surface area (Å²) in [7, 11) is 0. The number of benzene rings is 1. The quantitative estimate of drug-likeness (QED) is 0.506. The van der Waals surface area contributed by atoms with E-state index in [-0.39, 0.29) is 12.3 Å². The van der Waals surface area contributed by atoms with E-state index in [2.05, 4.69) is 0 Å². The highest BCUT2D eigenvalue weighted by atomic mass is 19.2. The van der Waals surface area contributed by atoms with Crippen molar-refractivity contribution in [3.63, 3.8) is 0 Å². The van der Waals surface area contributed by atoms with Crippen LogP contribution >= 0.6 is 0 Å². The molecule has 0 bridgehead atoms. The normalized spacial score (nSPS) is 18.0. The van der Waals surface area contributed by atoms with Gasteiger partial charge in [0.05, 0.1) is 0 Å². The fourth-order valence-corrected chi connectivity index (χ4v) is 2.67. The van der Waals surface area contributed by atoms with E-state index in [0.29, 0.717) is 0 Å². The summed E-state index contributed by atoms with van der Waals surface area (Å²) in [6.45, 7) is 0. The highest BCUT2D eigenvalue weighted by molar-refractivity contribution is 5.26. The molecule has 2 N–H and O–H groups in total. The molecule has 1 aromatic carbocycles. The lowest BCUT2D eigenvalue weighted by atomic mass is 9.93. The molecule has 1 unspecified atom stereocenters. The van der Waals surface area contributed by atoms with Crippen LogP contribution in [0.2, 0.25) is 0 Å². The van der Waals surface area contributed by atoms with Gasteiger partial charge in [-0.3, -0.25) is 0 Å². The zero-order valence-corrected chi connectivity index (χ0v) is 10.2. The molecule has 1 aliphatic rings. The molecule has 1 nitrogen and oxygen atoms in total. The molecule has 0 saturated heterocycles. The molecule has 19 heavy (non-hydrogen) atoms. The molecule has 106 valence electrons. The summed E-state index contributed by atoms with van der Waals surface area (Å²) in [5.74, 6) is -9.47. The molecule has 1 atom stereocenters. The summed E-state index contributed by atoms with van der Waals surface area (Å²) >= 11 is 0. The van der Waals surface area contributed by atoms with Crippen molar-refractivity contribution in [2.75, 3.05) is 0 Å². The number of halogens is 5. The van der Waals surface area contributed by atoms with Gasteiger partial charge in [0.15, 0.2) is 23.3 Å². The van der Waals surface area contributed by atoms with E-state index in [1.807, 2.05) is 0 Å². The van der Waals surface area contributed by atoms with Gasteiger partial charge in [-0.1, -0.05) is 25.7 Å². The third-order valence-corrected chi connectivity index (χ3v) is 3.68. The predicted octanol–water partition coefficient (Wildman–Crippen LogP) is 3.96. The SMILES string of the molecule is NC(CC1CCCC1)c1c(F)c(F)c(F)c(F)c1F. The topological polar surface area (TPSA) is 26.0 Å². The maximum absolute atomic E-state index is 13.5. The fraction of sp³-hybridized carbons (Fsp3) is 0.538. The van der Waals surface area contributed by atoms with Crippen LogP contribution in [0.25, 0.3) is 0 Å². The lowest BCUT2D eigenvalue weighted by Crippen LogP contribution is -2.20. The Balaban J connectivity index is 2.32. The molecule has 6 heteroatoms. The Morgan fingerprint density at radius 3 is 1.74 bits per heavy atom. The lowest BCUT2D eigenvalue weighted by Gasteiger charge is -2.18. The van der Waals surface area contributed by atoms with Crippen LogP contribution in [0.4, 0.5) is 22.0 Å². The number of nitrogens with two attached hydrogens (primary N) is 1. The van der Waals surface area contributed by atoms with Gasteiger partial charge < -0.3 is 5.73 Å². The van der Waals surface area contributed by atoms with Crippen LogP contribution in [-0.2, 0) is 0 Å². The first-order valence-electron chi connectivity index (χ1n) is 6.20. The summed E-state index contributed by atoms with van der Waals surface area (Å²) in [6, 6.07) is -1.17. The molecule has 0 spiro atoms. The van der Waals surface area contributed by atoms with Crippen LogP contribution in [0.1, 0.15) is 43.7 Å². The zero-order chi connectivity index (χ0) is 14.2. The first kappa shape index (κ1) is 14.2. The smallest absolute Gasteiger partial charge is 0.200 e. The monoisotopic (exact) mass is 279 g/mol. The molecule has 2 rings (SSSR count). The van der Waals surface area contributed by atoms with Crippen LogP contribution in [-0.4, -0.2) is 0 Å². The van der Waals surface area contributed by atoms with E-state index in [4.69, 9.17) is 5.73 Å². The average Bonchev–Trinajstić information content (AvgIpc) is 2.87. The van der Waals surface area contributed by atoms with E-state index >= 15 is 0 Å². The highest BCUT2D eigenvalue weighted by Gasteiger charge is 2.30. The second-order valence-corrected chi connectivity index (χ2v) is 4.98. The van der Waals surface area contributed by atoms with Crippen LogP contribution in [0.15, 0.2) is 0 Å². The van der Waals surface area contributed by atoms with Crippen molar-refractivity contribution in [2.24, 2.45) is 11.7 Å². The minimum absolute atomic E-state index is 0.185. The third kappa shape index (κ3) is 2.59. The molecule has 1 fully saturated rings. The second-order valence-electron chi connectivity index (χ2n) is 4.98. The first-order valence-corrected chi connectivity index (χ1v) is 6.20. The van der Waals surface area contributed by atoms with Crippen molar-refractivity contribution in [3.05, 3.63) is 34.6 Å². The Kier molecular flexibility index (Phi) is 4.08. The van der Waals surface area contributed by atoms with Crippen molar-refractivity contribution >= 4 is 0 Å². The molecule has 0 aromatic heterocycles. The van der Waals surface area contributed by atoms with Crippen LogP contribution in [0, 0.1) is 35.0 Å². The number of rotatable bonds is 3. The first-order chi connectivity index (χ1) is 8.93. The highest BCUT2D eigenvalue weighted by Crippen LogP contribution is 2.35. The minimum atomic E-state index is -2.15.